The molecule has 0 spiro atoms. The van der Waals surface area contributed by atoms with Crippen LogP contribution in [0, 0.1) is 0 Å². The molecule has 1 aliphatic heterocycles. The molecule has 0 aromatic heterocycles. The van der Waals surface area contributed by atoms with Crippen molar-refractivity contribution in [3.63, 3.8) is 0 Å². The largest absolute Gasteiger partial charge is 0.444 e. The fourth-order valence-corrected chi connectivity index (χ4v) is 2.83. The molecule has 5 N–H and O–H groups in total. The second kappa shape index (κ2) is 7.13. The number of anilines is 3. The Morgan fingerprint density at radius 1 is 1.15 bits per heavy atom. The minimum Gasteiger partial charge on any atom is -0.444 e. The van der Waals surface area contributed by atoms with Crippen molar-refractivity contribution in [3.8, 4) is 0 Å². The predicted octanol–water partition coefficient (Wildman–Crippen LogP) is 3.68. The molecule has 0 bridgehead atoms. The molecule has 0 unspecified atom stereocenters. The van der Waals surface area contributed by atoms with Gasteiger partial charge in [0.1, 0.15) is 11.2 Å². The Hall–Kier alpha value is -2.32. The fraction of sp³-hybridized carbons (Fsp3) is 0.588. The van der Waals surface area contributed by atoms with E-state index in [1.807, 2.05) is 0 Å². The molecule has 1 aliphatic rings. The minimum absolute atomic E-state index is 0.0129. The van der Waals surface area contributed by atoms with Crippen LogP contribution in [0.2, 0.25) is 0 Å². The zero-order chi connectivity index (χ0) is 19.7. The summed E-state index contributed by atoms with van der Waals surface area (Å²) >= 11 is 0. The number of nitrogen functional groups attached to an aromatic ring is 2. The molecule has 26 heavy (non-hydrogen) atoms. The molecule has 0 saturated carbocycles. The second-order valence-electron chi connectivity index (χ2n) is 7.38. The van der Waals surface area contributed by atoms with Crippen LogP contribution in [0.1, 0.15) is 39.2 Å². The lowest BCUT2D eigenvalue weighted by Gasteiger charge is -2.34. The van der Waals surface area contributed by atoms with E-state index in [0.717, 1.165) is 6.07 Å². The number of hydrogen-bond donors (Lipinski definition) is 3. The van der Waals surface area contributed by atoms with Crippen LogP contribution in [0.25, 0.3) is 0 Å². The Balaban J connectivity index is 2.07. The molecule has 9 heteroatoms. The van der Waals surface area contributed by atoms with Crippen LogP contribution >= 0.6 is 0 Å². The number of benzene rings is 1. The van der Waals surface area contributed by atoms with Gasteiger partial charge in [0, 0.05) is 24.8 Å². The van der Waals surface area contributed by atoms with Crippen LogP contribution in [0.15, 0.2) is 12.1 Å². The number of amides is 1. The Morgan fingerprint density at radius 2 is 1.69 bits per heavy atom. The molecule has 0 atom stereocenters. The summed E-state index contributed by atoms with van der Waals surface area (Å²) in [6, 6.07) is 2.25. The SMILES string of the molecule is CC(C)(C)OC(=O)N1CCC(Nc2c(N)ccc(N)c2C(F)(F)F)CC1. The highest BCUT2D eigenvalue weighted by Gasteiger charge is 2.38. The summed E-state index contributed by atoms with van der Waals surface area (Å²) < 4.78 is 45.3. The maximum Gasteiger partial charge on any atom is 0.420 e. The Bertz CT molecular complexity index is 663. The number of rotatable bonds is 2. The summed E-state index contributed by atoms with van der Waals surface area (Å²) in [6.45, 7) is 6.10. The van der Waals surface area contributed by atoms with Crippen molar-refractivity contribution in [2.75, 3.05) is 29.9 Å². The summed E-state index contributed by atoms with van der Waals surface area (Å²) in [7, 11) is 0. The van der Waals surface area contributed by atoms with Gasteiger partial charge in [0.15, 0.2) is 0 Å². The van der Waals surface area contributed by atoms with Crippen LogP contribution in [0.4, 0.5) is 35.0 Å². The molecule has 1 saturated heterocycles. The van der Waals surface area contributed by atoms with Crippen LogP contribution in [-0.4, -0.2) is 35.7 Å². The van der Waals surface area contributed by atoms with Crippen molar-refractivity contribution in [1.82, 2.24) is 4.90 Å². The maximum atomic E-state index is 13.3. The first kappa shape index (κ1) is 20.0. The van der Waals surface area contributed by atoms with Crippen LogP contribution in [0.3, 0.4) is 0 Å². The number of nitrogens with two attached hydrogens (primary N) is 2. The molecule has 0 aliphatic carbocycles. The smallest absolute Gasteiger partial charge is 0.420 e. The van der Waals surface area contributed by atoms with Gasteiger partial charge in [0.2, 0.25) is 0 Å². The Labute approximate surface area is 150 Å². The van der Waals surface area contributed by atoms with Crippen molar-refractivity contribution in [2.24, 2.45) is 0 Å². The molecule has 2 rings (SSSR count). The zero-order valence-electron chi connectivity index (χ0n) is 15.1. The lowest BCUT2D eigenvalue weighted by atomic mass is 10.0. The third-order valence-corrected chi connectivity index (χ3v) is 4.05. The lowest BCUT2D eigenvalue weighted by molar-refractivity contribution is -0.136. The summed E-state index contributed by atoms with van der Waals surface area (Å²) in [4.78, 5) is 13.6. The van der Waals surface area contributed by atoms with Crippen molar-refractivity contribution in [1.29, 1.82) is 0 Å². The number of carbonyl (C=O) groups excluding carboxylic acids is 1. The minimum atomic E-state index is -4.61. The lowest BCUT2D eigenvalue weighted by Crippen LogP contribution is -2.44. The van der Waals surface area contributed by atoms with E-state index in [1.54, 1.807) is 25.7 Å². The maximum absolute atomic E-state index is 13.3. The molecular weight excluding hydrogens is 349 g/mol. The van der Waals surface area contributed by atoms with Gasteiger partial charge in [-0.25, -0.2) is 4.79 Å². The van der Waals surface area contributed by atoms with Gasteiger partial charge in [-0.05, 0) is 45.7 Å². The molecule has 1 fully saturated rings. The van der Waals surface area contributed by atoms with Crippen LogP contribution in [0.5, 0.6) is 0 Å². The molecule has 1 aromatic rings. The van der Waals surface area contributed by atoms with Crippen LogP contribution in [-0.2, 0) is 10.9 Å². The van der Waals surface area contributed by atoms with Crippen molar-refractivity contribution >= 4 is 23.2 Å². The molecule has 1 amide bonds. The van der Waals surface area contributed by atoms with Gasteiger partial charge in [-0.2, -0.15) is 13.2 Å². The van der Waals surface area contributed by atoms with E-state index in [0.29, 0.717) is 25.9 Å². The Kier molecular flexibility index (Phi) is 5.48. The van der Waals surface area contributed by atoms with E-state index in [2.05, 4.69) is 5.32 Å². The highest BCUT2D eigenvalue weighted by molar-refractivity contribution is 5.78. The number of halogens is 3. The van der Waals surface area contributed by atoms with Crippen molar-refractivity contribution in [3.05, 3.63) is 17.7 Å². The number of likely N-dealkylation sites (tertiary alicyclic amines) is 1. The van der Waals surface area contributed by atoms with Crippen molar-refractivity contribution in [2.45, 2.75) is 51.4 Å². The molecule has 1 aromatic carbocycles. The fourth-order valence-electron chi connectivity index (χ4n) is 2.83. The van der Waals surface area contributed by atoms with Gasteiger partial charge in [-0.3, -0.25) is 0 Å². The number of ether oxygens (including phenoxy) is 1. The average Bonchev–Trinajstić information content (AvgIpc) is 2.48. The van der Waals surface area contributed by atoms with Gasteiger partial charge in [-0.15, -0.1) is 0 Å². The van der Waals surface area contributed by atoms with Crippen LogP contribution < -0.4 is 16.8 Å². The molecular formula is C17H25F3N4O2. The normalized spacial score (nSPS) is 16.5. The Morgan fingerprint density at radius 3 is 2.19 bits per heavy atom. The first-order valence-electron chi connectivity index (χ1n) is 8.38. The quantitative estimate of drug-likeness (QED) is 0.687. The monoisotopic (exact) mass is 374 g/mol. The molecule has 146 valence electrons. The highest BCUT2D eigenvalue weighted by atomic mass is 19.4. The van der Waals surface area contributed by atoms with E-state index in [9.17, 15) is 18.0 Å². The topological polar surface area (TPSA) is 93.6 Å². The number of carbonyl (C=O) groups is 1. The van der Waals surface area contributed by atoms with Crippen molar-refractivity contribution < 1.29 is 22.7 Å². The van der Waals surface area contributed by atoms with Gasteiger partial charge >= 0.3 is 12.3 Å². The molecule has 1 heterocycles. The first-order chi connectivity index (χ1) is 11.9. The van der Waals surface area contributed by atoms with E-state index in [-0.39, 0.29) is 23.1 Å². The van der Waals surface area contributed by atoms with Gasteiger partial charge < -0.3 is 26.4 Å². The number of nitrogens with one attached hydrogen (secondary N) is 1. The summed E-state index contributed by atoms with van der Waals surface area (Å²) in [5.74, 6) is 0. The first-order valence-corrected chi connectivity index (χ1v) is 8.38. The van der Waals surface area contributed by atoms with Gasteiger partial charge in [0.25, 0.3) is 0 Å². The molecule has 6 nitrogen and oxygen atoms in total. The van der Waals surface area contributed by atoms with E-state index in [1.165, 1.54) is 6.07 Å². The molecule has 0 radical (unpaired) electrons. The van der Waals surface area contributed by atoms with E-state index >= 15 is 0 Å². The summed E-state index contributed by atoms with van der Waals surface area (Å²) in [5.41, 5.74) is 9.13. The highest BCUT2D eigenvalue weighted by Crippen LogP contribution is 2.42. The standard InChI is InChI=1S/C17H25F3N4O2/c1-16(2,3)26-15(25)24-8-6-10(7-9-24)23-14-12(22)5-4-11(21)13(14)17(18,19)20/h4-5,10,23H,6-9,21-22H2,1-3H3. The van der Waals surface area contributed by atoms with E-state index in [4.69, 9.17) is 16.2 Å². The third-order valence-electron chi connectivity index (χ3n) is 4.05. The van der Waals surface area contributed by atoms with E-state index < -0.39 is 23.4 Å². The number of nitrogens with zero attached hydrogens (tertiary/aromatic N) is 1. The summed E-state index contributed by atoms with van der Waals surface area (Å²) in [5, 5.41) is 2.87. The number of alkyl halides is 3. The number of piperidine rings is 1. The van der Waals surface area contributed by atoms with Gasteiger partial charge in [-0.1, -0.05) is 0 Å². The second-order valence-corrected chi connectivity index (χ2v) is 7.38. The average molecular weight is 374 g/mol. The summed E-state index contributed by atoms with van der Waals surface area (Å²) in [6.07, 6.45) is -4.08. The third kappa shape index (κ3) is 4.86. The zero-order valence-corrected chi connectivity index (χ0v) is 15.1. The predicted molar refractivity (Wildman–Crippen MR) is 94.7 cm³/mol. The number of hydrogen-bond acceptors (Lipinski definition) is 5. The van der Waals surface area contributed by atoms with Gasteiger partial charge in [0.05, 0.1) is 11.4 Å².